The quantitative estimate of drug-likeness (QED) is 0.350. The van der Waals surface area contributed by atoms with Gasteiger partial charge in [-0.3, -0.25) is 14.7 Å². The molecule has 2 aliphatic heterocycles. The lowest BCUT2D eigenvalue weighted by Gasteiger charge is -2.40. The zero-order valence-electron chi connectivity index (χ0n) is 24.9. The number of piperidine rings is 1. The molecule has 5 rings (SSSR count). The summed E-state index contributed by atoms with van der Waals surface area (Å²) in [6.07, 6.45) is 2.00. The van der Waals surface area contributed by atoms with Gasteiger partial charge in [-0.1, -0.05) is 38.1 Å². The smallest absolute Gasteiger partial charge is 0.307 e. The fraction of sp³-hybridized carbons (Fsp3) is 0.471. The third kappa shape index (κ3) is 6.31. The van der Waals surface area contributed by atoms with Crippen LogP contribution in [0, 0.1) is 25.1 Å². The number of anilines is 1. The van der Waals surface area contributed by atoms with Gasteiger partial charge < -0.3 is 15.1 Å². The first-order valence-corrected chi connectivity index (χ1v) is 14.7. The Morgan fingerprint density at radius 2 is 1.80 bits per heavy atom. The van der Waals surface area contributed by atoms with Crippen molar-refractivity contribution in [3.8, 4) is 11.1 Å². The van der Waals surface area contributed by atoms with Crippen LogP contribution in [0.15, 0.2) is 36.4 Å². The number of carboxylic acids is 1. The molecular formula is C34H42FN3O3. The molecule has 6 nitrogen and oxygen atoms in total. The number of aliphatic hydroxyl groups excluding tert-OH is 1. The number of carboxylic acid groups (broad SMARTS) is 1. The number of pyridine rings is 1. The molecule has 0 spiro atoms. The van der Waals surface area contributed by atoms with Gasteiger partial charge in [-0.25, -0.2) is 4.39 Å². The number of aliphatic carboxylic acids is 1. The number of hydrogen-bond acceptors (Lipinski definition) is 5. The summed E-state index contributed by atoms with van der Waals surface area (Å²) in [6.45, 7) is 14.2. The normalized spacial score (nSPS) is 17.8. The maximum absolute atomic E-state index is 13.6. The average molecular weight is 560 g/mol. The number of carbonyl (C=O) groups is 1. The Kier molecular flexibility index (Phi) is 8.22. The monoisotopic (exact) mass is 559 g/mol. The number of benzene rings is 2. The minimum atomic E-state index is -0.883. The lowest BCUT2D eigenvalue weighted by molar-refractivity contribution is -0.136. The Balaban J connectivity index is 1.54. The molecule has 0 radical (unpaired) electrons. The van der Waals surface area contributed by atoms with E-state index in [9.17, 15) is 19.4 Å². The van der Waals surface area contributed by atoms with Crippen LogP contribution in [-0.2, 0) is 30.7 Å². The largest absolute Gasteiger partial charge is 0.481 e. The average Bonchev–Trinajstić information content (AvgIpc) is 2.90. The molecule has 3 heterocycles. The minimum absolute atomic E-state index is 0.107. The van der Waals surface area contributed by atoms with Crippen LogP contribution in [0.1, 0.15) is 78.9 Å². The van der Waals surface area contributed by atoms with E-state index in [1.807, 2.05) is 19.9 Å². The van der Waals surface area contributed by atoms with Gasteiger partial charge >= 0.3 is 5.97 Å². The number of aliphatic hydroxyl groups is 1. The molecule has 0 saturated carbocycles. The Morgan fingerprint density at radius 3 is 2.46 bits per heavy atom. The summed E-state index contributed by atoms with van der Waals surface area (Å²) in [5.74, 6) is -1.09. The van der Waals surface area contributed by atoms with E-state index in [2.05, 4.69) is 41.8 Å². The SMILES string of the molecule is Cc1cc(F)ccc1CN1CCc2cc(-c3c(C(C)O)nc(C)c(CC(=O)O)c3N3CCC(C)(C)CC3)ccc2C1. The van der Waals surface area contributed by atoms with Crippen LogP contribution in [0.3, 0.4) is 0 Å². The van der Waals surface area contributed by atoms with Crippen LogP contribution in [0.2, 0.25) is 0 Å². The summed E-state index contributed by atoms with van der Waals surface area (Å²) in [7, 11) is 0. The Bertz CT molecular complexity index is 1460. The third-order valence-electron chi connectivity index (χ3n) is 8.95. The topological polar surface area (TPSA) is 76.9 Å². The van der Waals surface area contributed by atoms with E-state index in [1.54, 1.807) is 13.0 Å². The maximum atomic E-state index is 13.6. The molecule has 2 N–H and O–H groups in total. The summed E-state index contributed by atoms with van der Waals surface area (Å²) in [5.41, 5.74) is 9.59. The third-order valence-corrected chi connectivity index (χ3v) is 8.95. The van der Waals surface area contributed by atoms with Gasteiger partial charge in [-0.2, -0.15) is 0 Å². The summed E-state index contributed by atoms with van der Waals surface area (Å²) in [5, 5.41) is 20.7. The minimum Gasteiger partial charge on any atom is -0.481 e. The van der Waals surface area contributed by atoms with Crippen molar-refractivity contribution in [3.63, 3.8) is 0 Å². The first-order valence-electron chi connectivity index (χ1n) is 14.7. The number of aromatic nitrogens is 1. The molecule has 3 aromatic rings. The number of aryl methyl sites for hydroxylation is 2. The van der Waals surface area contributed by atoms with Gasteiger partial charge in [0, 0.05) is 49.5 Å². The van der Waals surface area contributed by atoms with Crippen LogP contribution in [0.4, 0.5) is 10.1 Å². The first-order chi connectivity index (χ1) is 19.4. The predicted molar refractivity (Wildman–Crippen MR) is 161 cm³/mol. The molecule has 0 aliphatic carbocycles. The standard InChI is InChI=1S/C34H42FN3O3/c1-21-16-28(35)9-8-26(21)19-37-13-10-24-17-25(6-7-27(24)20-37)31-32(23(3)39)36-22(2)29(18-30(40)41)33(31)38-14-11-34(4,5)12-15-38/h6-9,16-17,23,39H,10-15,18-20H2,1-5H3,(H,40,41). The van der Waals surface area contributed by atoms with Crippen molar-refractivity contribution in [2.45, 2.75) is 79.5 Å². The van der Waals surface area contributed by atoms with Gasteiger partial charge in [0.25, 0.3) is 0 Å². The highest BCUT2D eigenvalue weighted by atomic mass is 19.1. The Hall–Kier alpha value is -3.29. The zero-order valence-corrected chi connectivity index (χ0v) is 24.9. The summed E-state index contributed by atoms with van der Waals surface area (Å²) in [4.78, 5) is 21.5. The van der Waals surface area contributed by atoms with Gasteiger partial charge in [-0.15, -0.1) is 0 Å². The molecule has 7 heteroatoms. The first kappa shape index (κ1) is 29.2. The van der Waals surface area contributed by atoms with Gasteiger partial charge in [0.2, 0.25) is 0 Å². The van der Waals surface area contributed by atoms with Gasteiger partial charge in [0.05, 0.1) is 23.9 Å². The van der Waals surface area contributed by atoms with E-state index in [1.165, 1.54) is 17.2 Å². The summed E-state index contributed by atoms with van der Waals surface area (Å²) < 4.78 is 13.6. The molecule has 1 saturated heterocycles. The second-order valence-corrected chi connectivity index (χ2v) is 12.7. The van der Waals surface area contributed by atoms with Crippen molar-refractivity contribution in [2.24, 2.45) is 5.41 Å². The number of hydrogen-bond donors (Lipinski definition) is 2. The van der Waals surface area contributed by atoms with E-state index < -0.39 is 12.1 Å². The molecule has 41 heavy (non-hydrogen) atoms. The fourth-order valence-corrected chi connectivity index (χ4v) is 6.36. The molecule has 2 aromatic carbocycles. The molecule has 2 aliphatic rings. The van der Waals surface area contributed by atoms with Crippen molar-refractivity contribution < 1.29 is 19.4 Å². The lowest BCUT2D eigenvalue weighted by Crippen LogP contribution is -2.38. The van der Waals surface area contributed by atoms with Crippen molar-refractivity contribution in [2.75, 3.05) is 24.5 Å². The second kappa shape index (κ2) is 11.5. The summed E-state index contributed by atoms with van der Waals surface area (Å²) in [6, 6.07) is 11.5. The van der Waals surface area contributed by atoms with Crippen LogP contribution in [0.5, 0.6) is 0 Å². The number of nitrogens with zero attached hydrogens (tertiary/aromatic N) is 3. The molecule has 0 amide bonds. The van der Waals surface area contributed by atoms with Crippen molar-refractivity contribution in [1.29, 1.82) is 0 Å². The van der Waals surface area contributed by atoms with Crippen LogP contribution in [-0.4, -0.2) is 45.7 Å². The molecular weight excluding hydrogens is 517 g/mol. The lowest BCUT2D eigenvalue weighted by atomic mass is 9.81. The van der Waals surface area contributed by atoms with Crippen molar-refractivity contribution in [1.82, 2.24) is 9.88 Å². The molecule has 0 bridgehead atoms. The van der Waals surface area contributed by atoms with Crippen LogP contribution in [0.25, 0.3) is 11.1 Å². The van der Waals surface area contributed by atoms with Gasteiger partial charge in [0.15, 0.2) is 0 Å². The van der Waals surface area contributed by atoms with E-state index in [0.29, 0.717) is 11.4 Å². The maximum Gasteiger partial charge on any atom is 0.307 e. The zero-order chi connectivity index (χ0) is 29.5. The van der Waals surface area contributed by atoms with Crippen LogP contribution < -0.4 is 4.90 Å². The van der Waals surface area contributed by atoms with Gasteiger partial charge in [0.1, 0.15) is 5.82 Å². The van der Waals surface area contributed by atoms with E-state index >= 15 is 0 Å². The summed E-state index contributed by atoms with van der Waals surface area (Å²) >= 11 is 0. The fourth-order valence-electron chi connectivity index (χ4n) is 6.36. The van der Waals surface area contributed by atoms with Crippen molar-refractivity contribution in [3.05, 3.63) is 81.4 Å². The molecule has 1 fully saturated rings. The Labute approximate surface area is 242 Å². The second-order valence-electron chi connectivity index (χ2n) is 12.7. The predicted octanol–water partition coefficient (Wildman–Crippen LogP) is 6.37. The highest BCUT2D eigenvalue weighted by molar-refractivity contribution is 5.87. The molecule has 1 atom stereocenters. The van der Waals surface area contributed by atoms with E-state index in [0.717, 1.165) is 85.5 Å². The highest BCUT2D eigenvalue weighted by Crippen LogP contribution is 2.43. The van der Waals surface area contributed by atoms with E-state index in [-0.39, 0.29) is 17.7 Å². The molecule has 218 valence electrons. The molecule has 1 aromatic heterocycles. The van der Waals surface area contributed by atoms with Crippen molar-refractivity contribution >= 4 is 11.7 Å². The number of fused-ring (bicyclic) bond motifs is 1. The number of rotatable bonds is 7. The highest BCUT2D eigenvalue weighted by Gasteiger charge is 2.32. The van der Waals surface area contributed by atoms with E-state index in [4.69, 9.17) is 4.98 Å². The molecule has 1 unspecified atom stereocenters. The van der Waals surface area contributed by atoms with Crippen LogP contribution >= 0.6 is 0 Å². The van der Waals surface area contributed by atoms with Gasteiger partial charge in [-0.05, 0) is 85.4 Å². The number of halogens is 1. The Morgan fingerprint density at radius 1 is 1.07 bits per heavy atom.